The molecule has 0 aliphatic heterocycles. The summed E-state index contributed by atoms with van der Waals surface area (Å²) >= 11 is 0. The summed E-state index contributed by atoms with van der Waals surface area (Å²) in [6.45, 7) is 3.75. The molecule has 0 fully saturated rings. The van der Waals surface area contributed by atoms with E-state index in [9.17, 15) is 14.0 Å². The van der Waals surface area contributed by atoms with Crippen molar-refractivity contribution in [1.82, 2.24) is 10.6 Å². The molecular weight excluding hydrogens is 265 g/mol. The van der Waals surface area contributed by atoms with Gasteiger partial charge in [-0.2, -0.15) is 0 Å². The molecule has 7 heteroatoms. The van der Waals surface area contributed by atoms with Gasteiger partial charge in [0.15, 0.2) is 17.7 Å². The predicted molar refractivity (Wildman–Crippen MR) is 71.6 cm³/mol. The number of carbonyl (C=O) groups is 2. The van der Waals surface area contributed by atoms with E-state index in [-0.39, 0.29) is 12.3 Å². The summed E-state index contributed by atoms with van der Waals surface area (Å²) in [7, 11) is 0. The molecule has 1 rings (SSSR count). The van der Waals surface area contributed by atoms with Crippen LogP contribution in [0.25, 0.3) is 0 Å². The molecule has 4 N–H and O–H groups in total. The van der Waals surface area contributed by atoms with Gasteiger partial charge in [-0.1, -0.05) is 6.07 Å². The molecule has 0 aromatic heterocycles. The molecule has 6 nitrogen and oxygen atoms in total. The summed E-state index contributed by atoms with van der Waals surface area (Å²) in [6, 6.07) is 3.62. The minimum Gasteiger partial charge on any atom is -0.478 e. The van der Waals surface area contributed by atoms with Crippen molar-refractivity contribution in [2.45, 2.75) is 26.5 Å². The first-order valence-corrected chi connectivity index (χ1v) is 6.21. The van der Waals surface area contributed by atoms with Crippen molar-refractivity contribution >= 4 is 11.9 Å². The van der Waals surface area contributed by atoms with E-state index in [4.69, 9.17) is 10.5 Å². The third kappa shape index (κ3) is 4.51. The smallest absolute Gasteiger partial charge is 0.321 e. The van der Waals surface area contributed by atoms with Gasteiger partial charge in [0, 0.05) is 13.1 Å². The summed E-state index contributed by atoms with van der Waals surface area (Å²) in [6.07, 6.45) is -1.00. The average molecular weight is 283 g/mol. The van der Waals surface area contributed by atoms with E-state index in [0.29, 0.717) is 12.1 Å². The van der Waals surface area contributed by atoms with Crippen LogP contribution >= 0.6 is 0 Å². The number of imide groups is 1. The molecule has 1 atom stereocenters. The van der Waals surface area contributed by atoms with Crippen LogP contribution < -0.4 is 21.1 Å². The maximum absolute atomic E-state index is 13.7. The molecule has 20 heavy (non-hydrogen) atoms. The molecule has 3 amide bonds. The van der Waals surface area contributed by atoms with E-state index in [0.717, 1.165) is 0 Å². The number of nitrogens with one attached hydrogen (secondary N) is 2. The fraction of sp³-hybridized carbons (Fsp3) is 0.385. The second kappa shape index (κ2) is 7.44. The van der Waals surface area contributed by atoms with Crippen LogP contribution in [0, 0.1) is 5.82 Å². The number of rotatable bonds is 5. The molecule has 0 aliphatic carbocycles. The van der Waals surface area contributed by atoms with Crippen LogP contribution in [-0.2, 0) is 11.3 Å². The van der Waals surface area contributed by atoms with Gasteiger partial charge in [0.1, 0.15) is 0 Å². The molecule has 1 aromatic rings. The summed E-state index contributed by atoms with van der Waals surface area (Å²) in [4.78, 5) is 22.8. The first-order valence-electron chi connectivity index (χ1n) is 6.21. The molecule has 0 bridgehead atoms. The third-order valence-corrected chi connectivity index (χ3v) is 2.48. The summed E-state index contributed by atoms with van der Waals surface area (Å²) in [5, 5.41) is 4.49. The zero-order valence-electron chi connectivity index (χ0n) is 11.4. The van der Waals surface area contributed by atoms with Gasteiger partial charge in [0.05, 0.1) is 0 Å². The number of benzene rings is 1. The SMILES string of the molecule is CCNC(=O)NC(=O)C(C)Oc1ccc(CN)cc1F. The average Bonchev–Trinajstić information content (AvgIpc) is 2.41. The number of urea groups is 1. The van der Waals surface area contributed by atoms with Gasteiger partial charge in [-0.3, -0.25) is 10.1 Å². The van der Waals surface area contributed by atoms with Gasteiger partial charge in [-0.05, 0) is 31.5 Å². The van der Waals surface area contributed by atoms with Gasteiger partial charge in [-0.25, -0.2) is 9.18 Å². The zero-order valence-corrected chi connectivity index (χ0v) is 11.4. The number of amides is 3. The number of hydrogen-bond donors (Lipinski definition) is 3. The van der Waals surface area contributed by atoms with E-state index < -0.39 is 23.9 Å². The molecule has 0 heterocycles. The monoisotopic (exact) mass is 283 g/mol. The first-order chi connectivity index (χ1) is 9.47. The lowest BCUT2D eigenvalue weighted by Crippen LogP contribution is -2.45. The molecule has 1 unspecified atom stereocenters. The Bertz CT molecular complexity index is 494. The first kappa shape index (κ1) is 15.9. The lowest BCUT2D eigenvalue weighted by molar-refractivity contribution is -0.126. The number of halogens is 1. The minimum absolute atomic E-state index is 0.0688. The van der Waals surface area contributed by atoms with Crippen LogP contribution in [0.3, 0.4) is 0 Å². The van der Waals surface area contributed by atoms with Crippen LogP contribution in [0.2, 0.25) is 0 Å². The zero-order chi connectivity index (χ0) is 15.1. The maximum Gasteiger partial charge on any atom is 0.321 e. The highest BCUT2D eigenvalue weighted by Gasteiger charge is 2.18. The second-order valence-corrected chi connectivity index (χ2v) is 4.08. The van der Waals surface area contributed by atoms with Gasteiger partial charge >= 0.3 is 6.03 Å². The highest BCUT2D eigenvalue weighted by molar-refractivity contribution is 5.96. The molecule has 0 saturated carbocycles. The van der Waals surface area contributed by atoms with Gasteiger partial charge in [0.2, 0.25) is 0 Å². The quantitative estimate of drug-likeness (QED) is 0.748. The third-order valence-electron chi connectivity index (χ3n) is 2.48. The molecule has 0 spiro atoms. The molecule has 0 saturated heterocycles. The second-order valence-electron chi connectivity index (χ2n) is 4.08. The predicted octanol–water partition coefficient (Wildman–Crippen LogP) is 0.897. The van der Waals surface area contributed by atoms with Gasteiger partial charge in [-0.15, -0.1) is 0 Å². The lowest BCUT2D eigenvalue weighted by Gasteiger charge is -2.15. The number of carbonyl (C=O) groups excluding carboxylic acids is 2. The van der Waals surface area contributed by atoms with Crippen molar-refractivity contribution in [2.24, 2.45) is 5.73 Å². The van der Waals surface area contributed by atoms with Crippen LogP contribution in [0.4, 0.5) is 9.18 Å². The fourth-order valence-electron chi connectivity index (χ4n) is 1.43. The van der Waals surface area contributed by atoms with Crippen molar-refractivity contribution < 1.29 is 18.7 Å². The summed E-state index contributed by atoms with van der Waals surface area (Å²) < 4.78 is 18.8. The number of nitrogens with two attached hydrogens (primary N) is 1. The van der Waals surface area contributed by atoms with E-state index in [1.54, 1.807) is 13.0 Å². The topological polar surface area (TPSA) is 93.5 Å². The maximum atomic E-state index is 13.7. The standard InChI is InChI=1S/C13H18FN3O3/c1-3-16-13(19)17-12(18)8(2)20-11-5-4-9(7-15)6-10(11)14/h4-6,8H,3,7,15H2,1-2H3,(H2,16,17,18,19). The highest BCUT2D eigenvalue weighted by Crippen LogP contribution is 2.19. The Hall–Kier alpha value is -2.15. The molecule has 110 valence electrons. The van der Waals surface area contributed by atoms with Crippen LogP contribution in [-0.4, -0.2) is 24.6 Å². The van der Waals surface area contributed by atoms with Crippen LogP contribution in [0.5, 0.6) is 5.75 Å². The van der Waals surface area contributed by atoms with Crippen molar-refractivity contribution in [1.29, 1.82) is 0 Å². The Kier molecular flexibility index (Phi) is 5.92. The van der Waals surface area contributed by atoms with Crippen LogP contribution in [0.15, 0.2) is 18.2 Å². The van der Waals surface area contributed by atoms with E-state index in [2.05, 4.69) is 10.6 Å². The Balaban J connectivity index is 2.63. The summed E-state index contributed by atoms with van der Waals surface area (Å²) in [5.74, 6) is -1.33. The number of hydrogen-bond acceptors (Lipinski definition) is 4. The molecule has 0 aliphatic rings. The molecule has 0 radical (unpaired) electrons. The van der Waals surface area contributed by atoms with E-state index in [1.807, 2.05) is 0 Å². The highest BCUT2D eigenvalue weighted by atomic mass is 19.1. The number of ether oxygens (including phenoxy) is 1. The van der Waals surface area contributed by atoms with E-state index in [1.165, 1.54) is 19.1 Å². The van der Waals surface area contributed by atoms with Crippen molar-refractivity contribution in [2.75, 3.05) is 6.54 Å². The minimum atomic E-state index is -1.00. The Morgan fingerprint density at radius 2 is 2.15 bits per heavy atom. The molecular formula is C13H18FN3O3. The Morgan fingerprint density at radius 1 is 1.45 bits per heavy atom. The van der Waals surface area contributed by atoms with Gasteiger partial charge < -0.3 is 15.8 Å². The Labute approximate surface area is 116 Å². The van der Waals surface area contributed by atoms with Gasteiger partial charge in [0.25, 0.3) is 5.91 Å². The normalized spacial score (nSPS) is 11.6. The fourth-order valence-corrected chi connectivity index (χ4v) is 1.43. The van der Waals surface area contributed by atoms with E-state index >= 15 is 0 Å². The lowest BCUT2D eigenvalue weighted by atomic mass is 10.2. The largest absolute Gasteiger partial charge is 0.478 e. The van der Waals surface area contributed by atoms with Crippen molar-refractivity contribution in [3.63, 3.8) is 0 Å². The Morgan fingerprint density at radius 3 is 2.70 bits per heavy atom. The summed E-state index contributed by atoms with van der Waals surface area (Å²) in [5.41, 5.74) is 6.01. The van der Waals surface area contributed by atoms with Crippen LogP contribution in [0.1, 0.15) is 19.4 Å². The van der Waals surface area contributed by atoms with Crippen molar-refractivity contribution in [3.05, 3.63) is 29.6 Å². The molecule has 1 aromatic carbocycles. The van der Waals surface area contributed by atoms with Crippen molar-refractivity contribution in [3.8, 4) is 5.75 Å².